The van der Waals surface area contributed by atoms with Gasteiger partial charge in [-0.2, -0.15) is 0 Å². The van der Waals surface area contributed by atoms with Crippen LogP contribution in [-0.2, 0) is 157 Å². The molecule has 0 heterocycles. The number of hydrogen-bond donors (Lipinski definition) is 7. The number of carbonyl (C=O) groups is 9. The molecular formula is C64H117N7O34. The third kappa shape index (κ3) is 73.3. The van der Waals surface area contributed by atoms with Gasteiger partial charge in [0.2, 0.25) is 41.3 Å². The van der Waals surface area contributed by atoms with Crippen LogP contribution in [0.3, 0.4) is 0 Å². The summed E-state index contributed by atoms with van der Waals surface area (Å²) >= 11 is 0. The maximum Gasteiger partial charge on any atom is 0.315 e. The quantitative estimate of drug-likeness (QED) is 0.00572. The second-order valence-corrected chi connectivity index (χ2v) is 21.2. The van der Waals surface area contributed by atoms with Crippen LogP contribution in [0.1, 0.15) is 25.7 Å². The Balaban J connectivity index is 4.90. The fourth-order valence-electron chi connectivity index (χ4n) is 7.23. The van der Waals surface area contributed by atoms with Crippen LogP contribution in [0.5, 0.6) is 0 Å². The largest absolute Gasteiger partial charge is 0.408 e. The van der Waals surface area contributed by atoms with Crippen LogP contribution in [-0.4, -0.2) is 395 Å². The standard InChI is InChI=1S/C64H117N7O34/c1-82-19-23-90-31-39-98-47-55(72)67-11-15-86-27-35-94-43-53(44-95-36-28-87-16-12-68-56(73)48-99-40-32-91-24-20-83-2)102-51-59(76)65-9-7-63(79)104-61(71-81)5-6-62(78)105-64(80)8-10-66-60(77)52-103-54(45-96-37-29-88-17-13-69-57(74)49-100-41-33-92-25-21-84-3)46-97-38-30-89-18-14-70-58(75)50-101-42-34-93-26-22-85-4/h53-54,81H,5-52H2,1-4H3,(H,65,76)(H,66,77)(H,67,72)(H,68,73)(H,69,74)(H,70,75)/b71-61-. The Labute approximate surface area is 613 Å². The summed E-state index contributed by atoms with van der Waals surface area (Å²) < 4.78 is 128. The second-order valence-electron chi connectivity index (χ2n) is 21.2. The molecule has 0 aliphatic rings. The van der Waals surface area contributed by atoms with Crippen LogP contribution in [0.2, 0.25) is 0 Å². The molecule has 0 bridgehead atoms. The highest BCUT2D eigenvalue weighted by atomic mass is 16.6. The lowest BCUT2D eigenvalue weighted by molar-refractivity contribution is -0.159. The molecule has 0 rings (SSSR count). The lowest BCUT2D eigenvalue weighted by Crippen LogP contribution is -2.35. The Hall–Kier alpha value is -5.98. The number of esters is 3. The van der Waals surface area contributed by atoms with E-state index in [1.165, 1.54) is 0 Å². The van der Waals surface area contributed by atoms with Gasteiger partial charge in [-0.05, 0) is 0 Å². The van der Waals surface area contributed by atoms with Crippen molar-refractivity contribution in [2.75, 3.05) is 319 Å². The summed E-state index contributed by atoms with van der Waals surface area (Å²) in [6, 6.07) is 0. The topological polar surface area (TPSA) is 480 Å². The Kier molecular flexibility index (Phi) is 73.2. The minimum absolute atomic E-state index is 0.0198. The first-order chi connectivity index (χ1) is 51.3. The summed E-state index contributed by atoms with van der Waals surface area (Å²) in [5.41, 5.74) is 0. The predicted octanol–water partition coefficient (Wildman–Crippen LogP) is -4.73. The fraction of sp³-hybridized carbons (Fsp3) is 0.844. The number of oxime groups is 1. The zero-order valence-corrected chi connectivity index (χ0v) is 61.5. The number of methoxy groups -OCH3 is 4. The molecular weight excluding hydrogens is 1410 g/mol. The lowest BCUT2D eigenvalue weighted by Gasteiger charge is -2.18. The normalized spacial score (nSPS) is 11.5. The molecule has 0 atom stereocenters. The number of hydrogen-bond acceptors (Lipinski definition) is 35. The molecule has 612 valence electrons. The van der Waals surface area contributed by atoms with Crippen LogP contribution in [0.4, 0.5) is 0 Å². The van der Waals surface area contributed by atoms with Crippen molar-refractivity contribution in [3.8, 4) is 0 Å². The van der Waals surface area contributed by atoms with Gasteiger partial charge in [-0.15, -0.1) is 0 Å². The number of ether oxygens (including phenoxy) is 24. The molecule has 7 N–H and O–H groups in total. The van der Waals surface area contributed by atoms with Crippen molar-refractivity contribution in [3.05, 3.63) is 0 Å². The number of nitrogens with zero attached hydrogens (tertiary/aromatic N) is 1. The van der Waals surface area contributed by atoms with E-state index in [9.17, 15) is 48.4 Å². The molecule has 41 heteroatoms. The first-order valence-electron chi connectivity index (χ1n) is 34.4. The van der Waals surface area contributed by atoms with Crippen molar-refractivity contribution in [1.82, 2.24) is 31.9 Å². The maximum atomic E-state index is 12.7. The van der Waals surface area contributed by atoms with Crippen molar-refractivity contribution < 1.29 is 162 Å². The van der Waals surface area contributed by atoms with Crippen molar-refractivity contribution >= 4 is 59.2 Å². The van der Waals surface area contributed by atoms with Crippen molar-refractivity contribution in [3.63, 3.8) is 0 Å². The van der Waals surface area contributed by atoms with E-state index < -0.39 is 86.7 Å². The van der Waals surface area contributed by atoms with Crippen LogP contribution in [0.25, 0.3) is 0 Å². The Morgan fingerprint density at radius 1 is 0.257 bits per heavy atom. The molecule has 0 aromatic rings. The summed E-state index contributed by atoms with van der Waals surface area (Å²) in [6.45, 7) is 6.70. The lowest BCUT2D eigenvalue weighted by atomic mass is 10.3. The van der Waals surface area contributed by atoms with Crippen LogP contribution in [0.15, 0.2) is 5.16 Å². The van der Waals surface area contributed by atoms with Gasteiger partial charge in [-0.3, -0.25) is 43.2 Å². The monoisotopic (exact) mass is 1530 g/mol. The average molecular weight is 1530 g/mol. The van der Waals surface area contributed by atoms with Crippen LogP contribution >= 0.6 is 0 Å². The molecule has 0 aromatic heterocycles. The van der Waals surface area contributed by atoms with Gasteiger partial charge >= 0.3 is 17.9 Å². The molecule has 0 radical (unpaired) electrons. The molecule has 0 unspecified atom stereocenters. The predicted molar refractivity (Wildman–Crippen MR) is 363 cm³/mol. The van der Waals surface area contributed by atoms with E-state index >= 15 is 0 Å². The molecule has 0 aliphatic heterocycles. The van der Waals surface area contributed by atoms with Crippen LogP contribution < -0.4 is 31.9 Å². The number of nitrogens with one attached hydrogen (secondary N) is 6. The highest BCUT2D eigenvalue weighted by Gasteiger charge is 2.19. The first kappa shape index (κ1) is 99.0. The summed E-state index contributed by atoms with van der Waals surface area (Å²) in [5, 5.41) is 28.0. The molecule has 0 saturated carbocycles. The van der Waals surface area contributed by atoms with Gasteiger partial charge in [0.15, 0.2) is 0 Å². The summed E-state index contributed by atoms with van der Waals surface area (Å²) in [5.74, 6) is -6.10. The summed E-state index contributed by atoms with van der Waals surface area (Å²) in [4.78, 5) is 111. The average Bonchev–Trinajstić information content (AvgIpc) is 1.09. The molecule has 0 fully saturated rings. The van der Waals surface area contributed by atoms with Gasteiger partial charge in [-0.1, -0.05) is 5.16 Å². The summed E-state index contributed by atoms with van der Waals surface area (Å²) in [7, 11) is 6.26. The molecule has 0 saturated heterocycles. The number of carbonyl (C=O) groups excluding carboxylic acids is 9. The highest BCUT2D eigenvalue weighted by molar-refractivity contribution is 5.92. The molecule has 105 heavy (non-hydrogen) atoms. The van der Waals surface area contributed by atoms with E-state index in [0.717, 1.165) is 0 Å². The van der Waals surface area contributed by atoms with E-state index in [1.54, 1.807) is 28.4 Å². The van der Waals surface area contributed by atoms with E-state index in [2.05, 4.69) is 37.1 Å². The van der Waals surface area contributed by atoms with Crippen molar-refractivity contribution in [2.45, 2.75) is 37.9 Å². The minimum Gasteiger partial charge on any atom is -0.408 e. The Bertz CT molecular complexity index is 2090. The zero-order valence-electron chi connectivity index (χ0n) is 61.5. The number of rotatable bonds is 79. The molecule has 0 aromatic carbocycles. The van der Waals surface area contributed by atoms with E-state index in [4.69, 9.17) is 114 Å². The third-order valence-corrected chi connectivity index (χ3v) is 12.4. The van der Waals surface area contributed by atoms with Crippen molar-refractivity contribution in [1.29, 1.82) is 0 Å². The van der Waals surface area contributed by atoms with Crippen LogP contribution in [0, 0.1) is 0 Å². The van der Waals surface area contributed by atoms with Gasteiger partial charge < -0.3 is 151 Å². The van der Waals surface area contributed by atoms with Crippen molar-refractivity contribution in [2.24, 2.45) is 5.16 Å². The molecule has 0 aliphatic carbocycles. The van der Waals surface area contributed by atoms with Gasteiger partial charge in [0.25, 0.3) is 0 Å². The zero-order chi connectivity index (χ0) is 76.8. The van der Waals surface area contributed by atoms with E-state index in [1.807, 2.05) is 0 Å². The molecule has 0 spiro atoms. The maximum absolute atomic E-state index is 12.7. The fourth-order valence-corrected chi connectivity index (χ4v) is 7.23. The highest BCUT2D eigenvalue weighted by Crippen LogP contribution is 2.03. The number of amides is 6. The Morgan fingerprint density at radius 3 is 0.771 bits per heavy atom. The van der Waals surface area contributed by atoms with Gasteiger partial charge in [0.1, 0.15) is 51.8 Å². The molecule has 41 nitrogen and oxygen atoms in total. The second kappa shape index (κ2) is 77.6. The Morgan fingerprint density at radius 2 is 0.486 bits per heavy atom. The summed E-state index contributed by atoms with van der Waals surface area (Å²) in [6.07, 6.45) is -3.34. The van der Waals surface area contributed by atoms with Gasteiger partial charge in [0.05, 0.1) is 231 Å². The SMILES string of the molecule is COCCOCCOCC(=O)NCCOCCOCC(COCCOCCNC(=O)COCCOCCOC)OCC(=O)NCCC(=O)OC(=O)CC/C(=N/O)OC(=O)CCNC(=O)COC(COCCOCCNC(=O)COCCOCCOC)COCCOCCNC(=O)COCCOCCOC. The van der Waals surface area contributed by atoms with Gasteiger partial charge in [0, 0.05) is 74.1 Å². The van der Waals surface area contributed by atoms with E-state index in [-0.39, 0.29) is 221 Å². The smallest absolute Gasteiger partial charge is 0.315 e. The third-order valence-electron chi connectivity index (χ3n) is 12.4. The first-order valence-corrected chi connectivity index (χ1v) is 34.4. The molecule has 6 amide bonds. The van der Waals surface area contributed by atoms with E-state index in [0.29, 0.717) is 79.3 Å². The van der Waals surface area contributed by atoms with Gasteiger partial charge in [-0.25, -0.2) is 0 Å². The minimum atomic E-state index is -1.06.